The summed E-state index contributed by atoms with van der Waals surface area (Å²) in [6, 6.07) is 23.2. The molecule has 0 unspecified atom stereocenters. The zero-order valence-electron chi connectivity index (χ0n) is 19.1. The predicted octanol–water partition coefficient (Wildman–Crippen LogP) is 5.81. The summed E-state index contributed by atoms with van der Waals surface area (Å²) in [4.78, 5) is 30.7. The summed E-state index contributed by atoms with van der Waals surface area (Å²) < 4.78 is 0. The molecule has 0 N–H and O–H groups in total. The van der Waals surface area contributed by atoms with Gasteiger partial charge in [0.2, 0.25) is 0 Å². The quantitative estimate of drug-likeness (QED) is 0.420. The van der Waals surface area contributed by atoms with Crippen molar-refractivity contribution >= 4 is 34.7 Å². The summed E-state index contributed by atoms with van der Waals surface area (Å²) in [5, 5.41) is 0.662. The number of anilines is 1. The minimum Gasteiger partial charge on any atom is -0.337 e. The number of amides is 2. The number of hydrogen-bond acceptors (Lipinski definition) is 3. The Hall–Kier alpha value is -3.37. The Morgan fingerprint density at radius 1 is 0.879 bits per heavy atom. The van der Waals surface area contributed by atoms with Gasteiger partial charge in [-0.1, -0.05) is 65.7 Å². The molecule has 3 aromatic carbocycles. The molecule has 0 aliphatic carbocycles. The highest BCUT2D eigenvalue weighted by Gasteiger charge is 2.41. The maximum atomic E-state index is 13.7. The van der Waals surface area contributed by atoms with Crippen LogP contribution in [0.3, 0.4) is 0 Å². The molecule has 0 saturated heterocycles. The highest BCUT2D eigenvalue weighted by Crippen LogP contribution is 2.35. The number of imide groups is 1. The monoisotopic (exact) mass is 458 g/mol. The fraction of sp³-hybridized carbons (Fsp3) is 0.214. The highest BCUT2D eigenvalue weighted by atomic mass is 35.5. The van der Waals surface area contributed by atoms with E-state index in [0.29, 0.717) is 35.8 Å². The van der Waals surface area contributed by atoms with E-state index in [9.17, 15) is 9.59 Å². The maximum absolute atomic E-state index is 13.7. The van der Waals surface area contributed by atoms with Crippen molar-refractivity contribution < 1.29 is 9.59 Å². The lowest BCUT2D eigenvalue weighted by atomic mass is 9.97. The number of aryl methyl sites for hydroxylation is 2. The first-order valence-corrected chi connectivity index (χ1v) is 11.5. The van der Waals surface area contributed by atoms with Gasteiger partial charge in [0.25, 0.3) is 11.8 Å². The third-order valence-corrected chi connectivity index (χ3v) is 6.24. The van der Waals surface area contributed by atoms with Crippen LogP contribution in [0, 0.1) is 13.8 Å². The van der Waals surface area contributed by atoms with Crippen molar-refractivity contribution in [2.45, 2.75) is 27.2 Å². The van der Waals surface area contributed by atoms with E-state index in [2.05, 4.69) is 0 Å². The molecule has 0 bridgehead atoms. The molecule has 5 heteroatoms. The second kappa shape index (κ2) is 9.63. The smallest absolute Gasteiger partial charge is 0.278 e. The van der Waals surface area contributed by atoms with Crippen molar-refractivity contribution in [3.63, 3.8) is 0 Å². The summed E-state index contributed by atoms with van der Waals surface area (Å²) in [7, 11) is 0. The molecule has 0 atom stereocenters. The second-order valence-electron chi connectivity index (χ2n) is 8.26. The lowest BCUT2D eigenvalue weighted by molar-refractivity contribution is -0.136. The first-order valence-electron chi connectivity index (χ1n) is 11.2. The van der Waals surface area contributed by atoms with E-state index >= 15 is 0 Å². The van der Waals surface area contributed by atoms with E-state index in [4.69, 9.17) is 11.6 Å². The van der Waals surface area contributed by atoms with Crippen LogP contribution in [0.4, 0.5) is 5.69 Å². The third kappa shape index (κ3) is 4.57. The van der Waals surface area contributed by atoms with E-state index in [1.165, 1.54) is 4.90 Å². The zero-order chi connectivity index (χ0) is 23.5. The van der Waals surface area contributed by atoms with E-state index in [1.807, 2.05) is 98.5 Å². The van der Waals surface area contributed by atoms with Gasteiger partial charge in [0.05, 0.1) is 5.57 Å². The van der Waals surface area contributed by atoms with Crippen molar-refractivity contribution in [2.75, 3.05) is 18.0 Å². The average molecular weight is 459 g/mol. The normalized spacial score (nSPS) is 13.8. The van der Waals surface area contributed by atoms with Crippen LogP contribution in [0.1, 0.15) is 29.2 Å². The topological polar surface area (TPSA) is 40.6 Å². The molecular formula is C28H27ClN2O2. The van der Waals surface area contributed by atoms with E-state index in [-0.39, 0.29) is 11.8 Å². The van der Waals surface area contributed by atoms with E-state index < -0.39 is 0 Å². The molecule has 1 aliphatic rings. The summed E-state index contributed by atoms with van der Waals surface area (Å²) >= 11 is 6.00. The van der Waals surface area contributed by atoms with Crippen molar-refractivity contribution in [3.8, 4) is 0 Å². The molecule has 168 valence electrons. The van der Waals surface area contributed by atoms with E-state index in [0.717, 1.165) is 27.9 Å². The standard InChI is InChI=1S/C28H27ClN2O2/c1-4-30(23-8-6-5-7-9-23)26-25(24-15-10-19(2)18-20(24)3)27(32)31(28(26)33)17-16-21-11-13-22(29)14-12-21/h5-15,18H,4,16-17H2,1-3H3. The molecule has 0 saturated carbocycles. The molecule has 4 rings (SSSR count). The Bertz CT molecular complexity index is 1220. The Morgan fingerprint density at radius 2 is 1.58 bits per heavy atom. The van der Waals surface area contributed by atoms with Crippen LogP contribution in [0.5, 0.6) is 0 Å². The van der Waals surface area contributed by atoms with Gasteiger partial charge in [-0.05, 0) is 68.1 Å². The van der Waals surface area contributed by atoms with Gasteiger partial charge in [-0.2, -0.15) is 0 Å². The number of benzene rings is 3. The molecule has 0 spiro atoms. The number of nitrogens with zero attached hydrogens (tertiary/aromatic N) is 2. The van der Waals surface area contributed by atoms with E-state index in [1.54, 1.807) is 0 Å². The fourth-order valence-electron chi connectivity index (χ4n) is 4.32. The highest BCUT2D eigenvalue weighted by molar-refractivity contribution is 6.37. The first-order chi connectivity index (χ1) is 15.9. The van der Waals surface area contributed by atoms with Crippen LogP contribution in [0.25, 0.3) is 5.57 Å². The zero-order valence-corrected chi connectivity index (χ0v) is 19.9. The third-order valence-electron chi connectivity index (χ3n) is 5.99. The van der Waals surface area contributed by atoms with Crippen LogP contribution in [0.2, 0.25) is 5.02 Å². The Morgan fingerprint density at radius 3 is 2.21 bits per heavy atom. The Balaban J connectivity index is 1.76. The molecule has 1 aliphatic heterocycles. The maximum Gasteiger partial charge on any atom is 0.278 e. The first kappa shape index (κ1) is 22.8. The van der Waals surface area contributed by atoms with Gasteiger partial charge in [0.1, 0.15) is 5.70 Å². The lowest BCUT2D eigenvalue weighted by Gasteiger charge is -2.25. The van der Waals surface area contributed by atoms with Crippen molar-refractivity contribution in [2.24, 2.45) is 0 Å². The van der Waals surface area contributed by atoms with Gasteiger partial charge in [0.15, 0.2) is 0 Å². The fourth-order valence-corrected chi connectivity index (χ4v) is 4.45. The van der Waals surface area contributed by atoms with Gasteiger partial charge in [-0.3, -0.25) is 14.5 Å². The summed E-state index contributed by atoms with van der Waals surface area (Å²) in [5.41, 5.74) is 5.72. The molecule has 4 nitrogen and oxygen atoms in total. The number of carbonyl (C=O) groups is 2. The number of para-hydroxylation sites is 1. The van der Waals surface area contributed by atoms with Gasteiger partial charge >= 0.3 is 0 Å². The minimum absolute atomic E-state index is 0.245. The SMILES string of the molecule is CCN(C1=C(c2ccc(C)cc2C)C(=O)N(CCc2ccc(Cl)cc2)C1=O)c1ccccc1. The number of halogens is 1. The largest absolute Gasteiger partial charge is 0.337 e. The number of likely N-dealkylation sites (N-methyl/N-ethyl adjacent to an activating group) is 1. The average Bonchev–Trinajstić information content (AvgIpc) is 3.04. The van der Waals surface area contributed by atoms with Crippen molar-refractivity contribution in [1.29, 1.82) is 0 Å². The van der Waals surface area contributed by atoms with Crippen LogP contribution >= 0.6 is 11.6 Å². The molecular weight excluding hydrogens is 432 g/mol. The molecule has 1 heterocycles. The molecule has 33 heavy (non-hydrogen) atoms. The lowest BCUT2D eigenvalue weighted by Crippen LogP contribution is -2.36. The second-order valence-corrected chi connectivity index (χ2v) is 8.70. The van der Waals surface area contributed by atoms with Crippen LogP contribution in [-0.4, -0.2) is 29.8 Å². The molecule has 3 aromatic rings. The number of carbonyl (C=O) groups excluding carboxylic acids is 2. The van der Waals surface area contributed by atoms with Crippen LogP contribution in [-0.2, 0) is 16.0 Å². The van der Waals surface area contributed by atoms with Crippen LogP contribution in [0.15, 0.2) is 78.5 Å². The van der Waals surface area contributed by atoms with Gasteiger partial charge in [-0.15, -0.1) is 0 Å². The minimum atomic E-state index is -0.255. The van der Waals surface area contributed by atoms with Crippen LogP contribution < -0.4 is 4.90 Å². The van der Waals surface area contributed by atoms with Gasteiger partial charge in [-0.25, -0.2) is 0 Å². The Kier molecular flexibility index (Phi) is 6.66. The van der Waals surface area contributed by atoms with Gasteiger partial charge < -0.3 is 4.90 Å². The van der Waals surface area contributed by atoms with Gasteiger partial charge in [0, 0.05) is 23.8 Å². The molecule has 0 radical (unpaired) electrons. The molecule has 0 aromatic heterocycles. The van der Waals surface area contributed by atoms with Crippen molar-refractivity contribution in [1.82, 2.24) is 4.90 Å². The Labute approximate surface area is 200 Å². The van der Waals surface area contributed by atoms with Crippen molar-refractivity contribution in [3.05, 3.63) is 106 Å². The molecule has 2 amide bonds. The summed E-state index contributed by atoms with van der Waals surface area (Å²) in [6.45, 7) is 6.88. The summed E-state index contributed by atoms with van der Waals surface area (Å²) in [6.07, 6.45) is 0.569. The summed E-state index contributed by atoms with van der Waals surface area (Å²) in [5.74, 6) is -0.500. The molecule has 0 fully saturated rings. The number of hydrogen-bond donors (Lipinski definition) is 0. The predicted molar refractivity (Wildman–Crippen MR) is 134 cm³/mol. The number of rotatable bonds is 7.